The molecule has 1 rings (SSSR count). The molecule has 13 heavy (non-hydrogen) atoms. The van der Waals surface area contributed by atoms with Gasteiger partial charge in [0.05, 0.1) is 10.5 Å². The Labute approximate surface area is 77.0 Å². The molecule has 1 aromatic rings. The van der Waals surface area contributed by atoms with Crippen LogP contribution in [0.3, 0.4) is 0 Å². The molecule has 5 N–H and O–H groups in total. The Morgan fingerprint density at radius 3 is 2.54 bits per heavy atom. The molecule has 1 aromatic carbocycles. The van der Waals surface area contributed by atoms with E-state index in [9.17, 15) is 9.00 Å². The molecule has 1 atom stereocenters. The van der Waals surface area contributed by atoms with Crippen LogP contribution in [0.4, 0.5) is 5.69 Å². The maximum Gasteiger partial charge on any atom is 0.250 e. The number of carbonyl (C=O) groups excluding carboxylic acids is 1. The predicted octanol–water partition coefficient (Wildman–Crippen LogP) is -0.0517. The first-order chi connectivity index (χ1) is 6.02. The van der Waals surface area contributed by atoms with Crippen LogP contribution >= 0.6 is 0 Å². The van der Waals surface area contributed by atoms with Crippen LogP contribution in [0.2, 0.25) is 0 Å². The van der Waals surface area contributed by atoms with Crippen molar-refractivity contribution in [1.82, 2.24) is 0 Å². The highest BCUT2D eigenvalue weighted by Gasteiger charge is 2.12. The average Bonchev–Trinajstić information content (AvgIpc) is 2.03. The van der Waals surface area contributed by atoms with Crippen molar-refractivity contribution in [3.63, 3.8) is 0 Å². The van der Waals surface area contributed by atoms with Gasteiger partial charge >= 0.3 is 0 Å². The summed E-state index contributed by atoms with van der Waals surface area (Å²) < 4.78 is 19.5. The predicted molar refractivity (Wildman–Crippen MR) is 48.4 cm³/mol. The van der Waals surface area contributed by atoms with E-state index in [1.54, 1.807) is 0 Å². The molecule has 0 fully saturated rings. The highest BCUT2D eigenvalue weighted by molar-refractivity contribution is 7.79. The van der Waals surface area contributed by atoms with Gasteiger partial charge in [-0.1, -0.05) is 0 Å². The van der Waals surface area contributed by atoms with Gasteiger partial charge in [0.2, 0.25) is 5.91 Å². The lowest BCUT2D eigenvalue weighted by molar-refractivity contribution is 0.0997. The van der Waals surface area contributed by atoms with E-state index in [-0.39, 0.29) is 10.5 Å². The molecule has 0 spiro atoms. The van der Waals surface area contributed by atoms with Crippen molar-refractivity contribution < 1.29 is 13.6 Å². The van der Waals surface area contributed by atoms with Crippen molar-refractivity contribution in [2.75, 3.05) is 5.73 Å². The third kappa shape index (κ3) is 2.04. The van der Waals surface area contributed by atoms with Gasteiger partial charge in [0.15, 0.2) is 11.1 Å². The average molecular weight is 200 g/mol. The van der Waals surface area contributed by atoms with Crippen LogP contribution in [-0.4, -0.2) is 14.7 Å². The third-order valence-corrected chi connectivity index (χ3v) is 2.19. The molecule has 0 aliphatic rings. The SMILES string of the molecule is NC(=O)c1cc(N)ccc1S(=O)O. The van der Waals surface area contributed by atoms with E-state index in [0.29, 0.717) is 5.69 Å². The molecule has 0 aromatic heterocycles. The fourth-order valence-electron chi connectivity index (χ4n) is 0.892. The van der Waals surface area contributed by atoms with Gasteiger partial charge in [0.25, 0.3) is 0 Å². The molecule has 1 amide bonds. The summed E-state index contributed by atoms with van der Waals surface area (Å²) in [6.45, 7) is 0. The first-order valence-electron chi connectivity index (χ1n) is 3.32. The normalized spacial score (nSPS) is 12.4. The van der Waals surface area contributed by atoms with Crippen LogP contribution in [0.25, 0.3) is 0 Å². The number of nitrogens with two attached hydrogens (primary N) is 2. The molecule has 0 aliphatic carbocycles. The number of primary amides is 1. The minimum Gasteiger partial charge on any atom is -0.399 e. The Bertz CT molecular complexity index is 378. The molecule has 0 radical (unpaired) electrons. The van der Waals surface area contributed by atoms with Crippen molar-refractivity contribution in [2.45, 2.75) is 4.90 Å². The molecule has 5 nitrogen and oxygen atoms in total. The number of benzene rings is 1. The number of amides is 1. The monoisotopic (exact) mass is 200 g/mol. The van der Waals surface area contributed by atoms with E-state index in [4.69, 9.17) is 16.0 Å². The summed E-state index contributed by atoms with van der Waals surface area (Å²) in [7, 11) is 0. The Kier molecular flexibility index (Phi) is 2.64. The molecule has 6 heteroatoms. The molecule has 0 heterocycles. The smallest absolute Gasteiger partial charge is 0.250 e. The third-order valence-electron chi connectivity index (χ3n) is 1.46. The van der Waals surface area contributed by atoms with Crippen molar-refractivity contribution in [2.24, 2.45) is 5.73 Å². The van der Waals surface area contributed by atoms with Crippen LogP contribution in [0.5, 0.6) is 0 Å². The minimum atomic E-state index is -2.23. The van der Waals surface area contributed by atoms with Crippen molar-refractivity contribution in [3.05, 3.63) is 23.8 Å². The van der Waals surface area contributed by atoms with E-state index in [1.807, 2.05) is 0 Å². The number of hydrogen-bond donors (Lipinski definition) is 3. The number of carbonyl (C=O) groups is 1. The van der Waals surface area contributed by atoms with Crippen molar-refractivity contribution in [3.8, 4) is 0 Å². The molecule has 70 valence electrons. The Hall–Kier alpha value is -1.40. The zero-order valence-corrected chi connectivity index (χ0v) is 7.38. The lowest BCUT2D eigenvalue weighted by atomic mass is 10.2. The number of nitrogen functional groups attached to an aromatic ring is 1. The number of hydrogen-bond acceptors (Lipinski definition) is 3. The van der Waals surface area contributed by atoms with Crippen LogP contribution < -0.4 is 11.5 Å². The summed E-state index contributed by atoms with van der Waals surface area (Å²) in [6.07, 6.45) is 0. The summed E-state index contributed by atoms with van der Waals surface area (Å²) in [4.78, 5) is 10.8. The van der Waals surface area contributed by atoms with Gasteiger partial charge in [-0.05, 0) is 18.2 Å². The van der Waals surface area contributed by atoms with E-state index in [2.05, 4.69) is 0 Å². The van der Waals surface area contributed by atoms with Gasteiger partial charge in [-0.2, -0.15) is 0 Å². The largest absolute Gasteiger partial charge is 0.399 e. The molecule has 0 aliphatic heterocycles. The Balaban J connectivity index is 3.35. The van der Waals surface area contributed by atoms with Crippen LogP contribution in [0.15, 0.2) is 23.1 Å². The quantitative estimate of drug-likeness (QED) is 0.459. The number of anilines is 1. The lowest BCUT2D eigenvalue weighted by Gasteiger charge is -2.02. The molecular weight excluding hydrogens is 192 g/mol. The van der Waals surface area contributed by atoms with E-state index >= 15 is 0 Å². The zero-order chi connectivity index (χ0) is 10.0. The summed E-state index contributed by atoms with van der Waals surface area (Å²) in [5.41, 5.74) is 10.7. The second-order valence-electron chi connectivity index (χ2n) is 2.37. The molecular formula is C7H8N2O3S. The highest BCUT2D eigenvalue weighted by atomic mass is 32.2. The lowest BCUT2D eigenvalue weighted by Crippen LogP contribution is -2.14. The van der Waals surface area contributed by atoms with Gasteiger partial charge < -0.3 is 16.0 Å². The van der Waals surface area contributed by atoms with Gasteiger partial charge in [0, 0.05) is 5.69 Å². The van der Waals surface area contributed by atoms with Gasteiger partial charge in [0.1, 0.15) is 0 Å². The Morgan fingerprint density at radius 2 is 2.08 bits per heavy atom. The molecule has 0 bridgehead atoms. The van der Waals surface area contributed by atoms with Crippen molar-refractivity contribution >= 4 is 22.7 Å². The second-order valence-corrected chi connectivity index (χ2v) is 3.31. The van der Waals surface area contributed by atoms with Gasteiger partial charge in [-0.3, -0.25) is 4.79 Å². The van der Waals surface area contributed by atoms with Crippen LogP contribution in [-0.2, 0) is 11.1 Å². The number of rotatable bonds is 2. The first kappa shape index (κ1) is 9.69. The second kappa shape index (κ2) is 3.55. The van der Waals surface area contributed by atoms with Crippen LogP contribution in [0, 0.1) is 0 Å². The summed E-state index contributed by atoms with van der Waals surface area (Å²) >= 11 is -2.23. The van der Waals surface area contributed by atoms with Crippen molar-refractivity contribution in [1.29, 1.82) is 0 Å². The minimum absolute atomic E-state index is 0.0262. The van der Waals surface area contributed by atoms with Gasteiger partial charge in [-0.15, -0.1) is 0 Å². The fraction of sp³-hybridized carbons (Fsp3) is 0. The standard InChI is InChI=1S/C7H8N2O3S/c8-4-1-2-6(13(11)12)5(3-4)7(9)10/h1-3H,8H2,(H2,9,10)(H,11,12). The summed E-state index contributed by atoms with van der Waals surface area (Å²) in [6, 6.07) is 3.99. The Morgan fingerprint density at radius 1 is 1.46 bits per heavy atom. The summed E-state index contributed by atoms with van der Waals surface area (Å²) in [5, 5.41) is 0. The fourth-order valence-corrected chi connectivity index (χ4v) is 1.42. The molecule has 0 saturated carbocycles. The highest BCUT2D eigenvalue weighted by Crippen LogP contribution is 2.15. The van der Waals surface area contributed by atoms with Crippen LogP contribution in [0.1, 0.15) is 10.4 Å². The maximum absolute atomic E-state index is 10.8. The zero-order valence-electron chi connectivity index (χ0n) is 6.56. The molecule has 0 saturated heterocycles. The summed E-state index contributed by atoms with van der Waals surface area (Å²) in [5.74, 6) is -0.773. The topological polar surface area (TPSA) is 106 Å². The first-order valence-corrected chi connectivity index (χ1v) is 4.43. The van der Waals surface area contributed by atoms with E-state index in [1.165, 1.54) is 18.2 Å². The maximum atomic E-state index is 10.8. The molecule has 1 unspecified atom stereocenters. The van der Waals surface area contributed by atoms with E-state index < -0.39 is 17.0 Å². The van der Waals surface area contributed by atoms with E-state index in [0.717, 1.165) is 0 Å². The van der Waals surface area contributed by atoms with Gasteiger partial charge in [-0.25, -0.2) is 4.21 Å².